The Labute approximate surface area is 60.9 Å². The number of nitrogens with two attached hydrogens (primary N) is 1. The Hall–Kier alpha value is -0.0100. The fourth-order valence-corrected chi connectivity index (χ4v) is 1.14. The Morgan fingerprint density at radius 2 is 2.33 bits per heavy atom. The second kappa shape index (κ2) is 2.31. The topological polar surface area (TPSA) is 26.0 Å². The SMILES string of the molecule is CC1(N)CC=CCC1Cl. The zero-order valence-corrected chi connectivity index (χ0v) is 6.36. The van der Waals surface area contributed by atoms with E-state index in [1.54, 1.807) is 0 Å². The molecule has 1 rings (SSSR count). The highest BCUT2D eigenvalue weighted by molar-refractivity contribution is 6.21. The van der Waals surface area contributed by atoms with Gasteiger partial charge in [-0.3, -0.25) is 0 Å². The average Bonchev–Trinajstić information content (AvgIpc) is 1.77. The maximum absolute atomic E-state index is 5.93. The van der Waals surface area contributed by atoms with Crippen molar-refractivity contribution in [3.05, 3.63) is 12.2 Å². The number of halogens is 1. The molecule has 0 fully saturated rings. The van der Waals surface area contributed by atoms with Crippen molar-refractivity contribution in [3.63, 3.8) is 0 Å². The molecule has 0 saturated carbocycles. The van der Waals surface area contributed by atoms with Crippen LogP contribution in [-0.4, -0.2) is 10.9 Å². The molecule has 0 heterocycles. The summed E-state index contributed by atoms with van der Waals surface area (Å²) in [7, 11) is 0. The zero-order valence-electron chi connectivity index (χ0n) is 5.60. The average molecular weight is 146 g/mol. The van der Waals surface area contributed by atoms with Gasteiger partial charge in [-0.1, -0.05) is 12.2 Å². The highest BCUT2D eigenvalue weighted by atomic mass is 35.5. The molecule has 0 radical (unpaired) electrons. The van der Waals surface area contributed by atoms with E-state index in [1.165, 1.54) is 0 Å². The molecule has 0 bridgehead atoms. The van der Waals surface area contributed by atoms with Gasteiger partial charge in [-0.25, -0.2) is 0 Å². The first kappa shape index (κ1) is 7.10. The lowest BCUT2D eigenvalue weighted by atomic mass is 9.88. The van der Waals surface area contributed by atoms with Crippen LogP contribution < -0.4 is 5.73 Å². The number of hydrogen-bond donors (Lipinski definition) is 1. The molecule has 2 atom stereocenters. The van der Waals surface area contributed by atoms with Gasteiger partial charge < -0.3 is 5.73 Å². The van der Waals surface area contributed by atoms with Crippen LogP contribution in [0.5, 0.6) is 0 Å². The Bertz CT molecular complexity index is 129. The highest BCUT2D eigenvalue weighted by Crippen LogP contribution is 2.25. The van der Waals surface area contributed by atoms with Gasteiger partial charge in [0.15, 0.2) is 0 Å². The van der Waals surface area contributed by atoms with Crippen LogP contribution in [0.3, 0.4) is 0 Å². The molecular formula is C7H12ClN. The van der Waals surface area contributed by atoms with Gasteiger partial charge in [-0.2, -0.15) is 0 Å². The summed E-state index contributed by atoms with van der Waals surface area (Å²) < 4.78 is 0. The van der Waals surface area contributed by atoms with Crippen LogP contribution in [0.15, 0.2) is 12.2 Å². The molecule has 1 nitrogen and oxygen atoms in total. The van der Waals surface area contributed by atoms with Crippen molar-refractivity contribution in [2.24, 2.45) is 5.73 Å². The predicted octanol–water partition coefficient (Wildman–Crippen LogP) is 1.66. The maximum Gasteiger partial charge on any atom is 0.0550 e. The van der Waals surface area contributed by atoms with Gasteiger partial charge in [0.1, 0.15) is 0 Å². The number of allylic oxidation sites excluding steroid dienone is 1. The summed E-state index contributed by atoms with van der Waals surface area (Å²) in [5, 5.41) is 0.113. The minimum atomic E-state index is -0.184. The Morgan fingerprint density at radius 1 is 1.67 bits per heavy atom. The molecule has 9 heavy (non-hydrogen) atoms. The van der Waals surface area contributed by atoms with Crippen LogP contribution in [0.4, 0.5) is 0 Å². The molecule has 1 aliphatic carbocycles. The Kier molecular flexibility index (Phi) is 1.83. The van der Waals surface area contributed by atoms with E-state index >= 15 is 0 Å². The van der Waals surface area contributed by atoms with Crippen molar-refractivity contribution in [2.75, 3.05) is 0 Å². The maximum atomic E-state index is 5.93. The van der Waals surface area contributed by atoms with Crippen LogP contribution in [0.1, 0.15) is 19.8 Å². The third-order valence-electron chi connectivity index (χ3n) is 1.78. The van der Waals surface area contributed by atoms with Gasteiger partial charge in [0.2, 0.25) is 0 Å². The van der Waals surface area contributed by atoms with Crippen LogP contribution >= 0.6 is 11.6 Å². The third kappa shape index (κ3) is 1.46. The minimum Gasteiger partial charge on any atom is -0.324 e. The summed E-state index contributed by atoms with van der Waals surface area (Å²) in [4.78, 5) is 0. The molecule has 0 saturated heterocycles. The van der Waals surface area contributed by atoms with Gasteiger partial charge >= 0.3 is 0 Å². The molecule has 52 valence electrons. The molecule has 2 N–H and O–H groups in total. The van der Waals surface area contributed by atoms with E-state index in [0.717, 1.165) is 12.8 Å². The normalized spacial score (nSPS) is 43.2. The molecule has 0 aromatic rings. The van der Waals surface area contributed by atoms with Crippen molar-refractivity contribution in [1.82, 2.24) is 0 Å². The van der Waals surface area contributed by atoms with E-state index in [0.29, 0.717) is 0 Å². The quantitative estimate of drug-likeness (QED) is 0.407. The fourth-order valence-electron chi connectivity index (χ4n) is 0.950. The lowest BCUT2D eigenvalue weighted by molar-refractivity contribution is 0.435. The summed E-state index contributed by atoms with van der Waals surface area (Å²) in [6.45, 7) is 1.99. The van der Waals surface area contributed by atoms with Gasteiger partial charge in [0.05, 0.1) is 5.38 Å². The van der Waals surface area contributed by atoms with E-state index in [9.17, 15) is 0 Å². The molecule has 0 aromatic carbocycles. The summed E-state index contributed by atoms with van der Waals surface area (Å²) in [6.07, 6.45) is 6.00. The smallest absolute Gasteiger partial charge is 0.0550 e. The number of hydrogen-bond acceptors (Lipinski definition) is 1. The zero-order chi connectivity index (χ0) is 6.91. The van der Waals surface area contributed by atoms with E-state index in [2.05, 4.69) is 12.2 Å². The van der Waals surface area contributed by atoms with Crippen molar-refractivity contribution in [2.45, 2.75) is 30.7 Å². The largest absolute Gasteiger partial charge is 0.324 e. The second-order valence-corrected chi connectivity index (χ2v) is 3.41. The van der Waals surface area contributed by atoms with E-state index in [4.69, 9.17) is 17.3 Å². The summed E-state index contributed by atoms with van der Waals surface area (Å²) in [5.74, 6) is 0. The van der Waals surface area contributed by atoms with Gasteiger partial charge in [-0.05, 0) is 19.8 Å². The van der Waals surface area contributed by atoms with E-state index in [-0.39, 0.29) is 10.9 Å². The first-order valence-electron chi connectivity index (χ1n) is 3.21. The third-order valence-corrected chi connectivity index (χ3v) is 2.46. The molecule has 0 amide bonds. The molecule has 2 unspecified atom stereocenters. The molecule has 1 aliphatic rings. The van der Waals surface area contributed by atoms with E-state index < -0.39 is 0 Å². The molecule has 0 spiro atoms. The Morgan fingerprint density at radius 3 is 2.67 bits per heavy atom. The Balaban J connectivity index is 2.64. The molecule has 0 aromatic heterocycles. The van der Waals surface area contributed by atoms with Crippen LogP contribution in [0, 0.1) is 0 Å². The van der Waals surface area contributed by atoms with Crippen molar-refractivity contribution in [1.29, 1.82) is 0 Å². The van der Waals surface area contributed by atoms with Crippen LogP contribution in [0.25, 0.3) is 0 Å². The van der Waals surface area contributed by atoms with Gasteiger partial charge in [0.25, 0.3) is 0 Å². The van der Waals surface area contributed by atoms with Gasteiger partial charge in [-0.15, -0.1) is 11.6 Å². The summed E-state index contributed by atoms with van der Waals surface area (Å²) >= 11 is 5.93. The first-order valence-corrected chi connectivity index (χ1v) is 3.64. The molecular weight excluding hydrogens is 134 g/mol. The first-order chi connectivity index (χ1) is 4.13. The summed E-state index contributed by atoms with van der Waals surface area (Å²) in [5.41, 5.74) is 5.65. The van der Waals surface area contributed by atoms with E-state index in [1.807, 2.05) is 6.92 Å². The predicted molar refractivity (Wildman–Crippen MR) is 40.6 cm³/mol. The minimum absolute atomic E-state index is 0.113. The second-order valence-electron chi connectivity index (χ2n) is 2.88. The van der Waals surface area contributed by atoms with Crippen molar-refractivity contribution < 1.29 is 0 Å². The number of rotatable bonds is 0. The standard InChI is InChI=1S/C7H12ClN/c1-7(9)5-3-2-4-6(7)8/h2-3,6H,4-5,9H2,1H3. The van der Waals surface area contributed by atoms with Crippen LogP contribution in [0.2, 0.25) is 0 Å². The summed E-state index contributed by atoms with van der Waals surface area (Å²) in [6, 6.07) is 0. The molecule has 2 heteroatoms. The van der Waals surface area contributed by atoms with Crippen LogP contribution in [-0.2, 0) is 0 Å². The number of alkyl halides is 1. The monoisotopic (exact) mass is 145 g/mol. The fraction of sp³-hybridized carbons (Fsp3) is 0.714. The lowest BCUT2D eigenvalue weighted by Gasteiger charge is -2.30. The van der Waals surface area contributed by atoms with Gasteiger partial charge in [0, 0.05) is 5.54 Å². The van der Waals surface area contributed by atoms with Crippen molar-refractivity contribution >= 4 is 11.6 Å². The van der Waals surface area contributed by atoms with Crippen molar-refractivity contribution in [3.8, 4) is 0 Å². The highest BCUT2D eigenvalue weighted by Gasteiger charge is 2.28. The molecule has 0 aliphatic heterocycles. The lowest BCUT2D eigenvalue weighted by Crippen LogP contribution is -2.45.